The molecule has 0 saturated carbocycles. The van der Waals surface area contributed by atoms with Crippen molar-refractivity contribution in [2.75, 3.05) is 0 Å². The monoisotopic (exact) mass is 914 g/mol. The van der Waals surface area contributed by atoms with Gasteiger partial charge in [-0.25, -0.2) is 4.79 Å². The van der Waals surface area contributed by atoms with Gasteiger partial charge in [-0.1, -0.05) is 115 Å². The minimum Gasteiger partial charge on any atom is -0.457 e. The molecular formula is C61H42N2O7. The van der Waals surface area contributed by atoms with Crippen LogP contribution in [-0.2, 0) is 7.05 Å². The smallest absolute Gasteiger partial charge is 0.333 e. The molecule has 1 aromatic heterocycles. The quantitative estimate of drug-likeness (QED) is 0.0998. The molecule has 0 N–H and O–H groups in total. The van der Waals surface area contributed by atoms with Crippen LogP contribution in [0.3, 0.4) is 0 Å². The zero-order valence-electron chi connectivity index (χ0n) is 38.0. The first kappa shape index (κ1) is 44.4. The van der Waals surface area contributed by atoms with Gasteiger partial charge in [-0.15, -0.1) is 0 Å². The number of fused-ring (bicyclic) bond motifs is 1. The summed E-state index contributed by atoms with van der Waals surface area (Å²) >= 11 is 0. The number of carbonyl (C=O) groups excluding carboxylic acids is 4. The summed E-state index contributed by atoms with van der Waals surface area (Å²) in [6.45, 7) is 1.97. The van der Waals surface area contributed by atoms with Crippen LogP contribution in [0.4, 0.5) is 0 Å². The molecule has 0 aliphatic rings. The van der Waals surface area contributed by atoms with Crippen LogP contribution in [0.25, 0.3) is 27.8 Å². The van der Waals surface area contributed by atoms with Crippen molar-refractivity contribution in [3.8, 4) is 39.8 Å². The molecule has 0 saturated heterocycles. The first-order valence-electron chi connectivity index (χ1n) is 22.6. The lowest BCUT2D eigenvalue weighted by molar-refractivity contribution is 0.102. The lowest BCUT2D eigenvalue weighted by Crippen LogP contribution is -2.20. The molecule has 9 nitrogen and oxygen atoms in total. The van der Waals surface area contributed by atoms with E-state index in [1.54, 1.807) is 150 Å². The molecule has 0 fully saturated rings. The molecule has 70 heavy (non-hydrogen) atoms. The van der Waals surface area contributed by atoms with Gasteiger partial charge in [0.05, 0.1) is 16.7 Å². The molecular weight excluding hydrogens is 873 g/mol. The highest BCUT2D eigenvalue weighted by Gasteiger charge is 2.17. The van der Waals surface area contributed by atoms with Crippen molar-refractivity contribution in [3.63, 3.8) is 0 Å². The maximum absolute atomic E-state index is 13.4. The van der Waals surface area contributed by atoms with Crippen molar-refractivity contribution in [1.82, 2.24) is 9.13 Å². The van der Waals surface area contributed by atoms with Gasteiger partial charge >= 0.3 is 5.69 Å². The number of hydrogen-bond donors (Lipinski definition) is 0. The topological polar surface area (TPSA) is 114 Å². The fourth-order valence-corrected chi connectivity index (χ4v) is 8.27. The minimum absolute atomic E-state index is 0.0910. The van der Waals surface area contributed by atoms with Crippen molar-refractivity contribution in [3.05, 3.63) is 279 Å². The highest BCUT2D eigenvalue weighted by molar-refractivity contribution is 6.13. The molecule has 0 aliphatic heterocycles. The fourth-order valence-electron chi connectivity index (χ4n) is 8.27. The Hall–Kier alpha value is -9.47. The van der Waals surface area contributed by atoms with Crippen molar-refractivity contribution in [1.29, 1.82) is 0 Å². The molecule has 0 spiro atoms. The lowest BCUT2D eigenvalue weighted by Gasteiger charge is -2.10. The lowest BCUT2D eigenvalue weighted by atomic mass is 9.98. The average molecular weight is 915 g/mol. The van der Waals surface area contributed by atoms with Gasteiger partial charge in [-0.05, 0) is 127 Å². The first-order valence-corrected chi connectivity index (χ1v) is 22.6. The summed E-state index contributed by atoms with van der Waals surface area (Å²) < 4.78 is 15.4. The number of aryl methyl sites for hydroxylation is 2. The van der Waals surface area contributed by atoms with Gasteiger partial charge in [0.2, 0.25) is 0 Å². The number of para-hydroxylation sites is 2. The summed E-state index contributed by atoms with van der Waals surface area (Å²) in [4.78, 5) is 65.9. The third-order valence-corrected chi connectivity index (χ3v) is 12.2. The van der Waals surface area contributed by atoms with Crippen LogP contribution in [0.2, 0.25) is 0 Å². The van der Waals surface area contributed by atoms with E-state index >= 15 is 0 Å². The van der Waals surface area contributed by atoms with Gasteiger partial charge < -0.3 is 9.47 Å². The number of imidazole rings is 1. The molecule has 9 aromatic carbocycles. The normalized spacial score (nSPS) is 11.0. The summed E-state index contributed by atoms with van der Waals surface area (Å²) in [5.41, 5.74) is 9.09. The Morgan fingerprint density at radius 3 is 0.957 bits per heavy atom. The Morgan fingerprint density at radius 1 is 0.343 bits per heavy atom. The Kier molecular flexibility index (Phi) is 12.1. The first-order chi connectivity index (χ1) is 34.1. The number of nitrogens with zero attached hydrogens (tertiary/aromatic N) is 2. The molecule has 10 rings (SSSR count). The Morgan fingerprint density at radius 2 is 0.614 bits per heavy atom. The predicted octanol–water partition coefficient (Wildman–Crippen LogP) is 12.8. The number of aromatic nitrogens is 2. The van der Waals surface area contributed by atoms with E-state index in [1.807, 2.05) is 91.9 Å². The van der Waals surface area contributed by atoms with E-state index in [9.17, 15) is 24.0 Å². The molecule has 0 unspecified atom stereocenters. The highest BCUT2D eigenvalue weighted by atomic mass is 16.5. The number of hydrogen-bond acceptors (Lipinski definition) is 7. The summed E-state index contributed by atoms with van der Waals surface area (Å²) in [5.74, 6) is 1.81. The van der Waals surface area contributed by atoms with Crippen LogP contribution in [0.15, 0.2) is 223 Å². The second kappa shape index (κ2) is 19.0. The molecule has 0 atom stereocenters. The maximum atomic E-state index is 13.4. The zero-order chi connectivity index (χ0) is 48.3. The number of rotatable bonds is 14. The van der Waals surface area contributed by atoms with Crippen molar-refractivity contribution >= 4 is 34.2 Å². The second-order valence-electron chi connectivity index (χ2n) is 16.9. The van der Waals surface area contributed by atoms with Gasteiger partial charge in [0, 0.05) is 51.6 Å². The SMILES string of the molecule is Cc1ccc(C(=O)c2ccc(C(=O)c3ccc(Oc4ccc(-c5ccc(Oc6ccc(C(=O)c7ccc(C(=O)c8ccc(-n9c(=O)n(C)c%10ccccc%109)cc8)cc7)cc6)cc5)cc4)cc3)cc2)cc1. The molecule has 0 radical (unpaired) electrons. The Bertz CT molecular complexity index is 3630. The van der Waals surface area contributed by atoms with Crippen molar-refractivity contribution in [2.24, 2.45) is 7.05 Å². The fraction of sp³-hybridized carbons (Fsp3) is 0.0328. The molecule has 0 bridgehead atoms. The largest absolute Gasteiger partial charge is 0.457 e. The number of benzene rings is 9. The average Bonchev–Trinajstić information content (AvgIpc) is 3.67. The molecule has 1 heterocycles. The van der Waals surface area contributed by atoms with E-state index in [-0.39, 0.29) is 28.8 Å². The third kappa shape index (κ3) is 9.15. The van der Waals surface area contributed by atoms with Gasteiger partial charge in [0.15, 0.2) is 23.1 Å². The molecule has 10 aromatic rings. The van der Waals surface area contributed by atoms with Gasteiger partial charge in [-0.2, -0.15) is 0 Å². The number of ketones is 4. The molecule has 0 amide bonds. The molecule has 0 aliphatic carbocycles. The molecule has 9 heteroatoms. The molecule has 338 valence electrons. The van der Waals surface area contributed by atoms with E-state index in [0.29, 0.717) is 73.2 Å². The summed E-state index contributed by atoms with van der Waals surface area (Å²) in [7, 11) is 1.73. The van der Waals surface area contributed by atoms with E-state index in [4.69, 9.17) is 9.47 Å². The van der Waals surface area contributed by atoms with E-state index in [1.165, 1.54) is 0 Å². The van der Waals surface area contributed by atoms with Crippen LogP contribution in [-0.4, -0.2) is 32.3 Å². The van der Waals surface area contributed by atoms with Gasteiger partial charge in [-0.3, -0.25) is 28.3 Å². The number of carbonyl (C=O) groups is 4. The second-order valence-corrected chi connectivity index (χ2v) is 16.9. The van der Waals surface area contributed by atoms with Crippen LogP contribution < -0.4 is 15.2 Å². The van der Waals surface area contributed by atoms with Crippen LogP contribution in [0, 0.1) is 6.92 Å². The minimum atomic E-state index is -0.195. The third-order valence-electron chi connectivity index (χ3n) is 12.2. The summed E-state index contributed by atoms with van der Waals surface area (Å²) in [6, 6.07) is 64.5. The highest BCUT2D eigenvalue weighted by Crippen LogP contribution is 2.30. The summed E-state index contributed by atoms with van der Waals surface area (Å²) in [5, 5.41) is 0. The van der Waals surface area contributed by atoms with E-state index in [0.717, 1.165) is 27.7 Å². The van der Waals surface area contributed by atoms with Crippen LogP contribution in [0.5, 0.6) is 23.0 Å². The van der Waals surface area contributed by atoms with E-state index in [2.05, 4.69) is 0 Å². The van der Waals surface area contributed by atoms with Crippen molar-refractivity contribution in [2.45, 2.75) is 6.92 Å². The Balaban J connectivity index is 0.709. The van der Waals surface area contributed by atoms with Crippen LogP contribution >= 0.6 is 0 Å². The van der Waals surface area contributed by atoms with Crippen LogP contribution in [0.1, 0.15) is 69.2 Å². The van der Waals surface area contributed by atoms with Gasteiger partial charge in [0.25, 0.3) is 0 Å². The standard InChI is InChI=1S/C61H42N2O7/c1-39-7-9-42(10-8-39)57(64)43-11-15-45(16-12-43)59(66)48-25-35-53(36-26-48)69-51-31-21-40(22-32-51)41-23-33-52(34-24-41)70-54-37-27-49(28-38-54)60(67)46-17-13-44(14-18-46)58(65)47-19-29-50(30-20-47)63-56-6-4-3-5-55(56)62(2)61(63)68/h3-38H,1-2H3. The zero-order valence-corrected chi connectivity index (χ0v) is 38.0. The van der Waals surface area contributed by atoms with Crippen molar-refractivity contribution < 1.29 is 28.7 Å². The number of ether oxygens (including phenoxy) is 2. The predicted molar refractivity (Wildman–Crippen MR) is 271 cm³/mol. The van der Waals surface area contributed by atoms with E-state index < -0.39 is 0 Å². The maximum Gasteiger partial charge on any atom is 0.333 e. The van der Waals surface area contributed by atoms with Gasteiger partial charge in [0.1, 0.15) is 23.0 Å². The Labute approximate surface area is 403 Å². The summed E-state index contributed by atoms with van der Waals surface area (Å²) in [6.07, 6.45) is 0.